The summed E-state index contributed by atoms with van der Waals surface area (Å²) in [7, 11) is 0. The molecule has 0 saturated carbocycles. The van der Waals surface area contributed by atoms with Crippen molar-refractivity contribution in [1.82, 2.24) is 15.1 Å². The molecular formula is C17H18F3N3O4. The van der Waals surface area contributed by atoms with Crippen molar-refractivity contribution in [2.45, 2.75) is 31.3 Å². The fourth-order valence-corrected chi connectivity index (χ4v) is 3.26. The molecule has 0 unspecified atom stereocenters. The van der Waals surface area contributed by atoms with E-state index in [0.717, 1.165) is 24.3 Å². The van der Waals surface area contributed by atoms with Crippen LogP contribution in [-0.2, 0) is 15.8 Å². The molecule has 0 bridgehead atoms. The van der Waals surface area contributed by atoms with Gasteiger partial charge in [-0.05, 0) is 31.2 Å². The molecule has 0 spiro atoms. The topological polar surface area (TPSA) is 89.9 Å². The summed E-state index contributed by atoms with van der Waals surface area (Å²) in [5, 5.41) is 12.1. The van der Waals surface area contributed by atoms with Crippen molar-refractivity contribution < 1.29 is 32.7 Å². The number of carbonyl (C=O) groups is 3. The molecule has 3 amide bonds. The molecule has 3 rings (SSSR count). The summed E-state index contributed by atoms with van der Waals surface area (Å²) in [4.78, 5) is 39.9. The molecule has 1 aromatic carbocycles. The summed E-state index contributed by atoms with van der Waals surface area (Å²) in [6.07, 6.45) is -5.54. The summed E-state index contributed by atoms with van der Waals surface area (Å²) >= 11 is 0. The quantitative estimate of drug-likeness (QED) is 0.763. The van der Waals surface area contributed by atoms with Gasteiger partial charge in [-0.1, -0.05) is 0 Å². The highest BCUT2D eigenvalue weighted by Gasteiger charge is 2.45. The molecule has 2 aliphatic heterocycles. The normalized spacial score (nSPS) is 24.3. The summed E-state index contributed by atoms with van der Waals surface area (Å²) < 4.78 is 37.9. The lowest BCUT2D eigenvalue weighted by molar-refractivity contribution is -0.155. The number of aliphatic hydroxyl groups is 1. The number of aliphatic hydroxyl groups excluding tert-OH is 1. The Morgan fingerprint density at radius 1 is 1.22 bits per heavy atom. The number of fused-ring (bicyclic) bond motifs is 1. The smallest absolute Gasteiger partial charge is 0.391 e. The van der Waals surface area contributed by atoms with E-state index < -0.39 is 47.6 Å². The molecule has 2 heterocycles. The lowest BCUT2D eigenvalue weighted by atomic mass is 10.0. The van der Waals surface area contributed by atoms with Crippen molar-refractivity contribution in [3.8, 4) is 0 Å². The molecule has 27 heavy (non-hydrogen) atoms. The molecule has 0 radical (unpaired) electrons. The maximum Gasteiger partial charge on any atom is 0.416 e. The minimum atomic E-state index is -4.49. The predicted molar refractivity (Wildman–Crippen MR) is 86.5 cm³/mol. The van der Waals surface area contributed by atoms with E-state index in [0.29, 0.717) is 0 Å². The van der Waals surface area contributed by atoms with E-state index in [1.165, 1.54) is 16.7 Å². The number of carbonyl (C=O) groups excluding carboxylic acids is 3. The van der Waals surface area contributed by atoms with E-state index in [1.54, 1.807) is 0 Å². The summed E-state index contributed by atoms with van der Waals surface area (Å²) in [6.45, 7) is 1.58. The summed E-state index contributed by atoms with van der Waals surface area (Å²) in [5.41, 5.74) is -0.786. The first kappa shape index (κ1) is 19.2. The highest BCUT2D eigenvalue weighted by atomic mass is 19.4. The van der Waals surface area contributed by atoms with Gasteiger partial charge in [0.05, 0.1) is 18.2 Å². The van der Waals surface area contributed by atoms with Gasteiger partial charge < -0.3 is 20.2 Å². The van der Waals surface area contributed by atoms with Gasteiger partial charge in [-0.2, -0.15) is 13.2 Å². The lowest BCUT2D eigenvalue weighted by Crippen LogP contribution is -2.71. The second kappa shape index (κ2) is 6.84. The zero-order valence-corrected chi connectivity index (χ0v) is 14.4. The number of piperazine rings is 2. The minimum absolute atomic E-state index is 0.0655. The van der Waals surface area contributed by atoms with Gasteiger partial charge in [0.15, 0.2) is 0 Å². The van der Waals surface area contributed by atoms with Crippen molar-refractivity contribution in [2.75, 3.05) is 19.6 Å². The van der Waals surface area contributed by atoms with Crippen LogP contribution >= 0.6 is 0 Å². The number of benzene rings is 1. The van der Waals surface area contributed by atoms with E-state index in [1.807, 2.05) is 0 Å². The number of amides is 3. The number of alkyl halides is 3. The monoisotopic (exact) mass is 385 g/mol. The molecule has 10 heteroatoms. The van der Waals surface area contributed by atoms with Crippen LogP contribution in [0.2, 0.25) is 0 Å². The van der Waals surface area contributed by atoms with Crippen molar-refractivity contribution in [2.24, 2.45) is 0 Å². The Balaban J connectivity index is 1.73. The van der Waals surface area contributed by atoms with Gasteiger partial charge in [-0.25, -0.2) is 0 Å². The average Bonchev–Trinajstić information content (AvgIpc) is 2.63. The lowest BCUT2D eigenvalue weighted by Gasteiger charge is -2.45. The highest BCUT2D eigenvalue weighted by molar-refractivity contribution is 5.99. The number of halogens is 3. The zero-order chi connectivity index (χ0) is 19.9. The first-order valence-electron chi connectivity index (χ1n) is 8.35. The molecule has 146 valence electrons. The van der Waals surface area contributed by atoms with Crippen LogP contribution < -0.4 is 5.32 Å². The molecule has 0 aromatic heterocycles. The fourth-order valence-electron chi connectivity index (χ4n) is 3.26. The van der Waals surface area contributed by atoms with Gasteiger partial charge in [0.2, 0.25) is 11.8 Å². The van der Waals surface area contributed by atoms with Crippen LogP contribution in [0.25, 0.3) is 0 Å². The van der Waals surface area contributed by atoms with Crippen LogP contribution in [0.1, 0.15) is 22.8 Å². The zero-order valence-electron chi connectivity index (χ0n) is 14.4. The number of hydrogen-bond donors (Lipinski definition) is 2. The van der Waals surface area contributed by atoms with Gasteiger partial charge in [0.25, 0.3) is 5.91 Å². The molecular weight excluding hydrogens is 367 g/mol. The van der Waals surface area contributed by atoms with Crippen LogP contribution in [0, 0.1) is 0 Å². The van der Waals surface area contributed by atoms with Gasteiger partial charge in [-0.3, -0.25) is 14.4 Å². The third kappa shape index (κ3) is 3.61. The van der Waals surface area contributed by atoms with E-state index in [2.05, 4.69) is 5.32 Å². The number of nitrogens with zero attached hydrogens (tertiary/aromatic N) is 2. The molecule has 2 fully saturated rings. The molecule has 2 saturated heterocycles. The fraction of sp³-hybridized carbons (Fsp3) is 0.471. The maximum absolute atomic E-state index is 12.6. The predicted octanol–water partition coefficient (Wildman–Crippen LogP) is 0.238. The third-order valence-electron chi connectivity index (χ3n) is 4.76. The first-order valence-corrected chi connectivity index (χ1v) is 8.35. The molecule has 2 N–H and O–H groups in total. The number of hydrogen-bond acceptors (Lipinski definition) is 4. The van der Waals surface area contributed by atoms with Crippen molar-refractivity contribution in [3.63, 3.8) is 0 Å². The molecule has 2 aliphatic rings. The van der Waals surface area contributed by atoms with Crippen molar-refractivity contribution in [1.29, 1.82) is 0 Å². The van der Waals surface area contributed by atoms with Gasteiger partial charge in [0.1, 0.15) is 12.1 Å². The van der Waals surface area contributed by atoms with Crippen LogP contribution in [0.3, 0.4) is 0 Å². The Morgan fingerprint density at radius 2 is 1.85 bits per heavy atom. The van der Waals surface area contributed by atoms with Crippen LogP contribution in [0.15, 0.2) is 24.3 Å². The average molecular weight is 385 g/mol. The van der Waals surface area contributed by atoms with Gasteiger partial charge in [-0.15, -0.1) is 0 Å². The summed E-state index contributed by atoms with van der Waals surface area (Å²) in [6, 6.07) is 1.92. The largest absolute Gasteiger partial charge is 0.416 e. The van der Waals surface area contributed by atoms with E-state index in [-0.39, 0.29) is 25.2 Å². The molecule has 3 atom stereocenters. The highest BCUT2D eigenvalue weighted by Crippen LogP contribution is 2.29. The first-order chi connectivity index (χ1) is 12.6. The van der Waals surface area contributed by atoms with E-state index in [4.69, 9.17) is 0 Å². The SMILES string of the molecule is C[C@@H](O)[C@@H]1NC(=O)[C@H]2CN(C(=O)c3ccc(C(F)(F)F)cc3)CCN2C1=O. The third-order valence-corrected chi connectivity index (χ3v) is 4.76. The van der Waals surface area contributed by atoms with Gasteiger partial charge in [0, 0.05) is 18.7 Å². The Bertz CT molecular complexity index is 764. The van der Waals surface area contributed by atoms with Crippen molar-refractivity contribution in [3.05, 3.63) is 35.4 Å². The number of nitrogens with one attached hydrogen (secondary N) is 1. The van der Waals surface area contributed by atoms with Crippen LogP contribution in [-0.4, -0.2) is 70.4 Å². The Kier molecular flexibility index (Phi) is 4.85. The Hall–Kier alpha value is -2.62. The molecule has 7 nitrogen and oxygen atoms in total. The maximum atomic E-state index is 12.6. The Labute approximate surface area is 152 Å². The second-order valence-corrected chi connectivity index (χ2v) is 6.60. The van der Waals surface area contributed by atoms with E-state index in [9.17, 15) is 32.7 Å². The minimum Gasteiger partial charge on any atom is -0.391 e. The Morgan fingerprint density at radius 3 is 2.41 bits per heavy atom. The second-order valence-electron chi connectivity index (χ2n) is 6.60. The van der Waals surface area contributed by atoms with Crippen molar-refractivity contribution >= 4 is 17.7 Å². The standard InChI is InChI=1S/C17H18F3N3O4/c1-9(24)13-16(27)23-7-6-22(8-12(23)14(25)21-13)15(26)10-2-4-11(5-3-10)17(18,19)20/h2-5,9,12-13,24H,6-8H2,1H3,(H,21,25)/t9-,12-,13+/m1/s1. The van der Waals surface area contributed by atoms with Gasteiger partial charge >= 0.3 is 6.18 Å². The van der Waals surface area contributed by atoms with Crippen LogP contribution in [0.5, 0.6) is 0 Å². The van der Waals surface area contributed by atoms with E-state index >= 15 is 0 Å². The summed E-state index contributed by atoms with van der Waals surface area (Å²) in [5.74, 6) is -1.41. The molecule has 1 aromatic rings. The number of rotatable bonds is 2. The molecule has 0 aliphatic carbocycles. The van der Waals surface area contributed by atoms with Crippen LogP contribution in [0.4, 0.5) is 13.2 Å².